The number of nitrogens with zero attached hydrogens (tertiary/aromatic N) is 1. The molecule has 0 saturated carbocycles. The molecule has 1 aromatic carbocycles. The molecule has 0 radical (unpaired) electrons. The Morgan fingerprint density at radius 1 is 1.33 bits per heavy atom. The average molecular weight is 272 g/mol. The molecule has 0 saturated heterocycles. The van der Waals surface area contributed by atoms with Crippen LogP contribution in [-0.2, 0) is 10.2 Å². The van der Waals surface area contributed by atoms with Crippen molar-refractivity contribution in [2.75, 3.05) is 25.9 Å². The molecule has 18 heavy (non-hydrogen) atoms. The summed E-state index contributed by atoms with van der Waals surface area (Å²) < 4.78 is 31.9. The van der Waals surface area contributed by atoms with Gasteiger partial charge in [0.1, 0.15) is 5.75 Å². The first-order valence-corrected chi connectivity index (χ1v) is 6.61. The number of rotatable bonds is 5. The number of Topliss-reactive ketones (excluding diaryl/α,β-unsaturated/α-hetero) is 1. The summed E-state index contributed by atoms with van der Waals surface area (Å²) >= 11 is 0. The molecule has 6 nitrogen and oxygen atoms in total. The summed E-state index contributed by atoms with van der Waals surface area (Å²) in [5.41, 5.74) is 0.645. The Bertz CT molecular complexity index is 552. The Morgan fingerprint density at radius 3 is 2.39 bits per heavy atom. The van der Waals surface area contributed by atoms with Crippen LogP contribution in [-0.4, -0.2) is 39.7 Å². The molecule has 0 heterocycles. The Morgan fingerprint density at radius 2 is 1.94 bits per heavy atom. The van der Waals surface area contributed by atoms with Crippen molar-refractivity contribution < 1.29 is 17.9 Å². The summed E-state index contributed by atoms with van der Waals surface area (Å²) in [6.07, 6.45) is 0. The van der Waals surface area contributed by atoms with Crippen LogP contribution in [0.1, 0.15) is 17.3 Å². The second-order valence-corrected chi connectivity index (χ2v) is 5.75. The second kappa shape index (κ2) is 5.36. The van der Waals surface area contributed by atoms with E-state index in [4.69, 9.17) is 4.74 Å². The Kier molecular flexibility index (Phi) is 4.31. The molecule has 0 aromatic heterocycles. The van der Waals surface area contributed by atoms with Gasteiger partial charge in [-0.05, 0) is 25.1 Å². The van der Waals surface area contributed by atoms with Crippen molar-refractivity contribution in [1.82, 2.24) is 4.31 Å². The highest BCUT2D eigenvalue weighted by Gasteiger charge is 2.16. The second-order valence-electron chi connectivity index (χ2n) is 3.86. The summed E-state index contributed by atoms with van der Waals surface area (Å²) in [7, 11) is 0.605. The van der Waals surface area contributed by atoms with Gasteiger partial charge in [-0.1, -0.05) is 0 Å². The number of benzene rings is 1. The number of methoxy groups -OCH3 is 1. The molecular weight excluding hydrogens is 256 g/mol. The summed E-state index contributed by atoms with van der Waals surface area (Å²) in [6, 6.07) is 4.57. The quantitative estimate of drug-likeness (QED) is 0.815. The maximum atomic E-state index is 11.7. The van der Waals surface area contributed by atoms with Crippen LogP contribution in [0.5, 0.6) is 5.75 Å². The first kappa shape index (κ1) is 14.5. The fraction of sp³-hybridized carbons (Fsp3) is 0.364. The minimum Gasteiger partial charge on any atom is -0.495 e. The normalized spacial score (nSPS) is 11.4. The lowest BCUT2D eigenvalue weighted by Crippen LogP contribution is -2.29. The van der Waals surface area contributed by atoms with Gasteiger partial charge in [-0.15, -0.1) is 0 Å². The summed E-state index contributed by atoms with van der Waals surface area (Å²) in [6.45, 7) is 1.41. The van der Waals surface area contributed by atoms with Crippen molar-refractivity contribution in [1.29, 1.82) is 0 Å². The van der Waals surface area contributed by atoms with Gasteiger partial charge in [-0.25, -0.2) is 0 Å². The van der Waals surface area contributed by atoms with Gasteiger partial charge in [-0.2, -0.15) is 12.7 Å². The number of carbonyl (C=O) groups excluding carboxylic acids is 1. The van der Waals surface area contributed by atoms with Crippen LogP contribution in [0.4, 0.5) is 5.69 Å². The van der Waals surface area contributed by atoms with Crippen LogP contribution < -0.4 is 9.46 Å². The zero-order valence-corrected chi connectivity index (χ0v) is 11.5. The monoisotopic (exact) mass is 272 g/mol. The van der Waals surface area contributed by atoms with E-state index in [1.807, 2.05) is 0 Å². The summed E-state index contributed by atoms with van der Waals surface area (Å²) in [5.74, 6) is 0.202. The van der Waals surface area contributed by atoms with E-state index in [0.717, 1.165) is 4.31 Å². The van der Waals surface area contributed by atoms with Gasteiger partial charge in [0, 0.05) is 19.7 Å². The number of nitrogens with one attached hydrogen (secondary N) is 1. The van der Waals surface area contributed by atoms with Gasteiger partial charge in [-0.3, -0.25) is 9.52 Å². The van der Waals surface area contributed by atoms with E-state index in [9.17, 15) is 13.2 Å². The molecule has 0 atom stereocenters. The molecule has 0 bridgehead atoms. The third-order valence-corrected chi connectivity index (χ3v) is 3.76. The fourth-order valence-electron chi connectivity index (χ4n) is 1.24. The van der Waals surface area contributed by atoms with Crippen molar-refractivity contribution in [2.45, 2.75) is 6.92 Å². The highest BCUT2D eigenvalue weighted by atomic mass is 32.2. The highest BCUT2D eigenvalue weighted by Crippen LogP contribution is 2.26. The van der Waals surface area contributed by atoms with Crippen molar-refractivity contribution in [3.05, 3.63) is 23.8 Å². The van der Waals surface area contributed by atoms with E-state index in [1.54, 1.807) is 12.1 Å². The molecule has 0 unspecified atom stereocenters. The largest absolute Gasteiger partial charge is 0.495 e. The Labute approximate surface area is 107 Å². The first-order chi connectivity index (χ1) is 8.27. The molecule has 1 rings (SSSR count). The highest BCUT2D eigenvalue weighted by molar-refractivity contribution is 7.90. The minimum atomic E-state index is -3.63. The van der Waals surface area contributed by atoms with E-state index >= 15 is 0 Å². The Hall–Kier alpha value is -1.60. The van der Waals surface area contributed by atoms with E-state index in [-0.39, 0.29) is 11.5 Å². The van der Waals surface area contributed by atoms with Gasteiger partial charge in [0.25, 0.3) is 0 Å². The third-order valence-electron chi connectivity index (χ3n) is 2.33. The van der Waals surface area contributed by atoms with Gasteiger partial charge < -0.3 is 4.74 Å². The molecule has 0 aliphatic rings. The predicted octanol–water partition coefficient (Wildman–Crippen LogP) is 1.12. The Balaban J connectivity index is 3.21. The SMILES string of the molecule is COc1ccc(C(C)=O)cc1NS(=O)(=O)N(C)C. The molecule has 0 fully saturated rings. The molecule has 0 aliphatic heterocycles. The molecule has 7 heteroatoms. The van der Waals surface area contributed by atoms with Gasteiger partial charge in [0.05, 0.1) is 12.8 Å². The van der Waals surface area contributed by atoms with Crippen LogP contribution in [0, 0.1) is 0 Å². The smallest absolute Gasteiger partial charge is 0.301 e. The van der Waals surface area contributed by atoms with Gasteiger partial charge >= 0.3 is 10.2 Å². The van der Waals surface area contributed by atoms with Crippen molar-refractivity contribution in [2.24, 2.45) is 0 Å². The minimum absolute atomic E-state index is 0.150. The molecular formula is C11H16N2O4S. The number of hydrogen-bond acceptors (Lipinski definition) is 4. The maximum Gasteiger partial charge on any atom is 0.301 e. The maximum absolute atomic E-state index is 11.7. The molecule has 0 amide bonds. The summed E-state index contributed by atoms with van der Waals surface area (Å²) in [5, 5.41) is 0. The number of anilines is 1. The van der Waals surface area contributed by atoms with E-state index in [0.29, 0.717) is 11.3 Å². The molecule has 0 spiro atoms. The first-order valence-electron chi connectivity index (χ1n) is 5.17. The van der Waals surface area contributed by atoms with Crippen LogP contribution in [0.25, 0.3) is 0 Å². The molecule has 100 valence electrons. The third kappa shape index (κ3) is 3.21. The van der Waals surface area contributed by atoms with Crippen LogP contribution in [0.15, 0.2) is 18.2 Å². The molecule has 1 N–H and O–H groups in total. The lowest BCUT2D eigenvalue weighted by Gasteiger charge is -2.16. The van der Waals surface area contributed by atoms with Crippen molar-refractivity contribution >= 4 is 21.7 Å². The van der Waals surface area contributed by atoms with Crippen LogP contribution in [0.2, 0.25) is 0 Å². The topological polar surface area (TPSA) is 75.7 Å². The van der Waals surface area contributed by atoms with Gasteiger partial charge in [0.2, 0.25) is 0 Å². The number of ketones is 1. The zero-order chi connectivity index (χ0) is 13.9. The number of ether oxygens (including phenoxy) is 1. The number of hydrogen-bond donors (Lipinski definition) is 1. The average Bonchev–Trinajstić information content (AvgIpc) is 2.28. The lowest BCUT2D eigenvalue weighted by molar-refractivity contribution is 0.101. The number of carbonyl (C=O) groups is 1. The van der Waals surface area contributed by atoms with Crippen LogP contribution in [0.3, 0.4) is 0 Å². The van der Waals surface area contributed by atoms with E-state index in [2.05, 4.69) is 4.72 Å². The molecule has 1 aromatic rings. The van der Waals surface area contributed by atoms with E-state index < -0.39 is 10.2 Å². The molecule has 0 aliphatic carbocycles. The zero-order valence-electron chi connectivity index (χ0n) is 10.7. The standard InChI is InChI=1S/C11H16N2O4S/c1-8(14)9-5-6-11(17-4)10(7-9)12-18(15,16)13(2)3/h5-7,12H,1-4H3. The predicted molar refractivity (Wildman–Crippen MR) is 69.2 cm³/mol. The lowest BCUT2D eigenvalue weighted by atomic mass is 10.1. The van der Waals surface area contributed by atoms with Crippen molar-refractivity contribution in [3.63, 3.8) is 0 Å². The summed E-state index contributed by atoms with van der Waals surface area (Å²) in [4.78, 5) is 11.3. The van der Waals surface area contributed by atoms with Crippen molar-refractivity contribution in [3.8, 4) is 5.75 Å². The van der Waals surface area contributed by atoms with Crippen LogP contribution >= 0.6 is 0 Å². The van der Waals surface area contributed by atoms with E-state index in [1.165, 1.54) is 34.2 Å². The fourth-order valence-corrected chi connectivity index (χ4v) is 1.86. The van der Waals surface area contributed by atoms with Gasteiger partial charge in [0.15, 0.2) is 5.78 Å².